The van der Waals surface area contributed by atoms with E-state index in [1.807, 2.05) is 53.8 Å². The minimum absolute atomic E-state index is 0.631. The monoisotopic (exact) mass is 1130 g/mol. The van der Waals surface area contributed by atoms with Crippen molar-refractivity contribution in [2.45, 2.75) is 171 Å². The van der Waals surface area contributed by atoms with Crippen LogP contribution in [0.3, 0.4) is 0 Å². The SMILES string of the molecule is CC(C)N1CCN(C2CCC(c3cnc4[nH]cc(-c5cnn(C)c5)c4c3)CC2)CC1.Cn1cc(-c2c[nH]c3ncc(C4CCC(N5CCCCC5)CC4)cc23)cn1.Cn1cc(-c2c[nH]c3ncc(C4CCC(N5CCCCC5)CC4)cc23)cn1. The zero-order valence-electron chi connectivity index (χ0n) is 50.9. The van der Waals surface area contributed by atoms with E-state index in [9.17, 15) is 0 Å². The van der Waals surface area contributed by atoms with Crippen LogP contribution >= 0.6 is 0 Å². The lowest BCUT2D eigenvalue weighted by atomic mass is 9.81. The Morgan fingerprint density at radius 2 is 0.690 bits per heavy atom. The van der Waals surface area contributed by atoms with Gasteiger partial charge < -0.3 is 24.8 Å². The number of hydrogen-bond acceptors (Lipinski definition) is 10. The van der Waals surface area contributed by atoms with Crippen molar-refractivity contribution in [2.24, 2.45) is 21.1 Å². The average Bonchev–Trinajstić information content (AvgIpc) is 4.62. The molecule has 9 aromatic rings. The first kappa shape index (κ1) is 56.7. The first-order valence-electron chi connectivity index (χ1n) is 32.5. The summed E-state index contributed by atoms with van der Waals surface area (Å²) >= 11 is 0. The number of likely N-dealkylation sites (tertiary alicyclic amines) is 2. The number of pyridine rings is 3. The topological polar surface area (TPSA) is 152 Å². The molecule has 0 atom stereocenters. The van der Waals surface area contributed by atoms with Gasteiger partial charge in [0, 0.05) is 177 Å². The number of fused-ring (bicyclic) bond motifs is 3. The van der Waals surface area contributed by atoms with Crippen LogP contribution < -0.4 is 0 Å². The largest absolute Gasteiger partial charge is 0.346 e. The molecule has 15 rings (SSSR count). The number of aromatic amines is 3. The van der Waals surface area contributed by atoms with Gasteiger partial charge in [0.2, 0.25) is 0 Å². The number of piperazine rings is 1. The van der Waals surface area contributed by atoms with Gasteiger partial charge in [0.15, 0.2) is 0 Å². The lowest BCUT2D eigenvalue weighted by molar-refractivity contribution is 0.0620. The average molecular weight is 1130 g/mol. The van der Waals surface area contributed by atoms with E-state index in [-0.39, 0.29) is 0 Å². The van der Waals surface area contributed by atoms with Gasteiger partial charge >= 0.3 is 0 Å². The smallest absolute Gasteiger partial charge is 0.137 e. The molecule has 0 spiro atoms. The van der Waals surface area contributed by atoms with Gasteiger partial charge in [-0.3, -0.25) is 23.8 Å². The third kappa shape index (κ3) is 12.6. The maximum absolute atomic E-state index is 4.74. The predicted molar refractivity (Wildman–Crippen MR) is 339 cm³/mol. The van der Waals surface area contributed by atoms with E-state index in [1.54, 1.807) is 0 Å². The van der Waals surface area contributed by atoms with Gasteiger partial charge in [-0.2, -0.15) is 15.3 Å². The van der Waals surface area contributed by atoms with Crippen molar-refractivity contribution in [2.75, 3.05) is 52.4 Å². The van der Waals surface area contributed by atoms with E-state index in [2.05, 4.69) is 138 Å². The molecule has 16 heteroatoms. The highest BCUT2D eigenvalue weighted by atomic mass is 15.3. The number of aryl methyl sites for hydroxylation is 3. The molecule has 444 valence electrons. The summed E-state index contributed by atoms with van der Waals surface area (Å²) in [5, 5.41) is 16.6. The lowest BCUT2D eigenvalue weighted by Crippen LogP contribution is -2.52. The number of H-pyrrole nitrogens is 3. The second-order valence-electron chi connectivity index (χ2n) is 26.2. The lowest BCUT2D eigenvalue weighted by Gasteiger charge is -2.43. The molecule has 3 aliphatic heterocycles. The summed E-state index contributed by atoms with van der Waals surface area (Å²) in [5.41, 5.74) is 14.2. The highest BCUT2D eigenvalue weighted by molar-refractivity contribution is 5.95. The molecule has 6 fully saturated rings. The van der Waals surface area contributed by atoms with E-state index in [1.165, 1.54) is 217 Å². The van der Waals surface area contributed by atoms with Crippen molar-refractivity contribution in [3.63, 3.8) is 0 Å². The molecular formula is C68H92N16. The Morgan fingerprint density at radius 3 is 0.976 bits per heavy atom. The first-order valence-corrected chi connectivity index (χ1v) is 32.5. The molecule has 3 saturated heterocycles. The summed E-state index contributed by atoms with van der Waals surface area (Å²) in [6.45, 7) is 14.8. The van der Waals surface area contributed by atoms with E-state index in [4.69, 9.17) is 15.0 Å². The van der Waals surface area contributed by atoms with Crippen molar-refractivity contribution in [1.82, 2.24) is 78.8 Å². The number of hydrogen-bond donors (Lipinski definition) is 3. The molecule has 12 heterocycles. The Labute approximate surface area is 497 Å². The normalized spacial score (nSPS) is 24.4. The fraction of sp³-hybridized carbons (Fsp3) is 0.559. The summed E-state index contributed by atoms with van der Waals surface area (Å²) in [6.07, 6.45) is 48.6. The standard InChI is InChI=1S/C24H34N6.2C22H29N5/c1-17(2)29-8-10-30(11-9-29)21-6-4-18(5-7-21)19-12-22-23(15-26-24(22)25-13-19)20-14-27-28(3)16-20;2*1-26-15-18(13-25-26)21-14-24-22-20(21)11-17(12-23-22)16-5-7-19(8-6-16)27-9-3-2-4-10-27/h12-18,21H,4-11H2,1-3H3,(H,25,26);2*11-16,19H,2-10H2,1H3,(H,23,24). The van der Waals surface area contributed by atoms with Crippen LogP contribution in [-0.4, -0.2) is 155 Å². The summed E-state index contributed by atoms with van der Waals surface area (Å²) < 4.78 is 5.56. The first-order chi connectivity index (χ1) is 41.1. The molecule has 0 amide bonds. The minimum Gasteiger partial charge on any atom is -0.346 e. The van der Waals surface area contributed by atoms with E-state index in [0.717, 1.165) is 51.8 Å². The third-order valence-corrected chi connectivity index (χ3v) is 20.6. The Morgan fingerprint density at radius 1 is 0.381 bits per heavy atom. The van der Waals surface area contributed by atoms with Crippen molar-refractivity contribution in [1.29, 1.82) is 0 Å². The van der Waals surface area contributed by atoms with Crippen LogP contribution in [0.2, 0.25) is 0 Å². The molecule has 3 N–H and O–H groups in total. The van der Waals surface area contributed by atoms with Gasteiger partial charge in [-0.25, -0.2) is 15.0 Å². The van der Waals surface area contributed by atoms with E-state index >= 15 is 0 Å². The fourth-order valence-electron chi connectivity index (χ4n) is 15.6. The van der Waals surface area contributed by atoms with Gasteiger partial charge in [-0.1, -0.05) is 12.8 Å². The molecule has 3 saturated carbocycles. The van der Waals surface area contributed by atoms with Gasteiger partial charge in [0.1, 0.15) is 16.9 Å². The van der Waals surface area contributed by atoms with Crippen LogP contribution in [0.1, 0.15) is 164 Å². The number of rotatable bonds is 10. The number of nitrogens with zero attached hydrogens (tertiary/aromatic N) is 13. The third-order valence-electron chi connectivity index (χ3n) is 20.6. The van der Waals surface area contributed by atoms with Gasteiger partial charge in [-0.15, -0.1) is 0 Å². The van der Waals surface area contributed by atoms with Crippen LogP contribution in [0.5, 0.6) is 0 Å². The van der Waals surface area contributed by atoms with E-state index < -0.39 is 0 Å². The second kappa shape index (κ2) is 25.6. The molecule has 0 aromatic carbocycles. The maximum Gasteiger partial charge on any atom is 0.137 e. The quantitative estimate of drug-likeness (QED) is 0.121. The maximum atomic E-state index is 4.74. The highest BCUT2D eigenvalue weighted by Crippen LogP contribution is 2.41. The zero-order chi connectivity index (χ0) is 57.1. The number of piperidine rings is 2. The van der Waals surface area contributed by atoms with Crippen molar-refractivity contribution < 1.29 is 0 Å². The van der Waals surface area contributed by atoms with Crippen LogP contribution in [0.25, 0.3) is 66.5 Å². The highest BCUT2D eigenvalue weighted by Gasteiger charge is 2.32. The van der Waals surface area contributed by atoms with Gasteiger partial charge in [-0.05, 0) is 195 Å². The second-order valence-corrected chi connectivity index (χ2v) is 26.2. The summed E-state index contributed by atoms with van der Waals surface area (Å²) in [4.78, 5) is 35.0. The molecule has 0 radical (unpaired) electrons. The van der Waals surface area contributed by atoms with Gasteiger partial charge in [0.25, 0.3) is 0 Å². The van der Waals surface area contributed by atoms with Crippen LogP contribution in [0, 0.1) is 0 Å². The Balaban J connectivity index is 0.000000118. The molecule has 16 nitrogen and oxygen atoms in total. The molecule has 84 heavy (non-hydrogen) atoms. The zero-order valence-corrected chi connectivity index (χ0v) is 50.9. The molecule has 0 unspecified atom stereocenters. The fourth-order valence-corrected chi connectivity index (χ4v) is 15.6. The molecule has 9 aromatic heterocycles. The minimum atomic E-state index is 0.631. The summed E-state index contributed by atoms with van der Waals surface area (Å²) in [6, 6.07) is 10.2. The summed E-state index contributed by atoms with van der Waals surface area (Å²) in [7, 11) is 5.88. The number of nitrogens with one attached hydrogen (secondary N) is 3. The Hall–Kier alpha value is -6.46. The van der Waals surface area contributed by atoms with E-state index in [0.29, 0.717) is 23.8 Å². The predicted octanol–water partition coefficient (Wildman–Crippen LogP) is 13.0. The van der Waals surface area contributed by atoms with Gasteiger partial charge in [0.05, 0.1) is 18.6 Å². The van der Waals surface area contributed by atoms with Crippen LogP contribution in [0.15, 0.2) is 92.6 Å². The Kier molecular flexibility index (Phi) is 17.3. The molecular weight excluding hydrogens is 1040 g/mol. The van der Waals surface area contributed by atoms with Crippen molar-refractivity contribution in [3.05, 3.63) is 109 Å². The Bertz CT molecular complexity index is 3390. The van der Waals surface area contributed by atoms with Crippen LogP contribution in [-0.2, 0) is 21.1 Å². The van der Waals surface area contributed by atoms with Crippen molar-refractivity contribution in [3.8, 4) is 33.4 Å². The number of aromatic nitrogens is 12. The van der Waals surface area contributed by atoms with Crippen LogP contribution in [0.4, 0.5) is 0 Å². The molecule has 3 aliphatic carbocycles. The molecule has 6 aliphatic rings. The van der Waals surface area contributed by atoms with Crippen molar-refractivity contribution >= 4 is 33.1 Å². The molecule has 0 bridgehead atoms. The summed E-state index contributed by atoms with van der Waals surface area (Å²) in [5.74, 6) is 1.94.